The summed E-state index contributed by atoms with van der Waals surface area (Å²) in [7, 11) is 0. The number of ketones is 1. The van der Waals surface area contributed by atoms with Crippen molar-refractivity contribution in [2.45, 2.75) is 6.61 Å². The predicted molar refractivity (Wildman–Crippen MR) is 112 cm³/mol. The van der Waals surface area contributed by atoms with E-state index in [0.29, 0.717) is 32.7 Å². The predicted octanol–water partition coefficient (Wildman–Crippen LogP) is 6.98. The van der Waals surface area contributed by atoms with Crippen molar-refractivity contribution in [1.82, 2.24) is 0 Å². The second kappa shape index (κ2) is 8.07. The third-order valence-corrected chi connectivity index (χ3v) is 5.42. The molecular formula is C22H12Cl3FO3. The lowest BCUT2D eigenvalue weighted by molar-refractivity contribution is 0.101. The highest BCUT2D eigenvalue weighted by molar-refractivity contribution is 6.42. The first-order valence-electron chi connectivity index (χ1n) is 8.51. The molecule has 3 aromatic carbocycles. The highest BCUT2D eigenvalue weighted by atomic mass is 35.5. The van der Waals surface area contributed by atoms with Gasteiger partial charge in [-0.2, -0.15) is 0 Å². The van der Waals surface area contributed by atoms with Crippen molar-refractivity contribution in [3.8, 4) is 11.5 Å². The Morgan fingerprint density at radius 1 is 0.966 bits per heavy atom. The first kappa shape index (κ1) is 19.8. The minimum atomic E-state index is -0.447. The summed E-state index contributed by atoms with van der Waals surface area (Å²) < 4.78 is 25.2. The van der Waals surface area contributed by atoms with Gasteiger partial charge in [-0.1, -0.05) is 46.9 Å². The number of ether oxygens (including phenoxy) is 2. The molecule has 0 saturated carbocycles. The molecule has 0 fully saturated rings. The summed E-state index contributed by atoms with van der Waals surface area (Å²) >= 11 is 17.9. The highest BCUT2D eigenvalue weighted by Crippen LogP contribution is 2.36. The largest absolute Gasteiger partial charge is 0.489 e. The summed E-state index contributed by atoms with van der Waals surface area (Å²) in [5, 5.41) is 1.09. The number of Topliss-reactive ketones (excluding diaryl/α,β-unsaturated/α-hetero) is 1. The topological polar surface area (TPSA) is 35.5 Å². The molecular weight excluding hydrogens is 438 g/mol. The monoisotopic (exact) mass is 448 g/mol. The van der Waals surface area contributed by atoms with Gasteiger partial charge in [-0.15, -0.1) is 0 Å². The Morgan fingerprint density at radius 3 is 2.55 bits per heavy atom. The van der Waals surface area contributed by atoms with Gasteiger partial charge in [0.25, 0.3) is 0 Å². The van der Waals surface area contributed by atoms with Crippen LogP contribution in [0.25, 0.3) is 6.08 Å². The fourth-order valence-electron chi connectivity index (χ4n) is 2.84. The summed E-state index contributed by atoms with van der Waals surface area (Å²) in [6.45, 7) is -0.0514. The minimum Gasteiger partial charge on any atom is -0.489 e. The smallest absolute Gasteiger partial charge is 0.231 e. The number of halogens is 4. The molecule has 1 aliphatic heterocycles. The highest BCUT2D eigenvalue weighted by Gasteiger charge is 2.27. The zero-order valence-electron chi connectivity index (χ0n) is 14.7. The quantitative estimate of drug-likeness (QED) is 0.403. The van der Waals surface area contributed by atoms with Crippen molar-refractivity contribution in [3.05, 3.63) is 97.9 Å². The molecule has 0 atom stereocenters. The van der Waals surface area contributed by atoms with Crippen molar-refractivity contribution >= 4 is 46.7 Å². The summed E-state index contributed by atoms with van der Waals surface area (Å²) in [6.07, 6.45) is 1.59. The molecule has 0 aliphatic carbocycles. The number of rotatable bonds is 4. The van der Waals surface area contributed by atoms with Gasteiger partial charge in [0.15, 0.2) is 5.76 Å². The average molecular weight is 450 g/mol. The van der Waals surface area contributed by atoms with Crippen LogP contribution >= 0.6 is 34.8 Å². The van der Waals surface area contributed by atoms with Crippen molar-refractivity contribution in [1.29, 1.82) is 0 Å². The van der Waals surface area contributed by atoms with E-state index in [2.05, 4.69) is 0 Å². The Balaban J connectivity index is 1.54. The van der Waals surface area contributed by atoms with Gasteiger partial charge in [-0.25, -0.2) is 4.39 Å². The molecule has 0 radical (unpaired) electrons. The van der Waals surface area contributed by atoms with Gasteiger partial charge in [-0.05, 0) is 48.0 Å². The van der Waals surface area contributed by atoms with Crippen LogP contribution in [0.15, 0.2) is 60.4 Å². The van der Waals surface area contributed by atoms with Crippen molar-refractivity contribution in [2.75, 3.05) is 0 Å². The molecule has 0 spiro atoms. The Hall–Kier alpha value is -2.53. The van der Waals surface area contributed by atoms with Gasteiger partial charge >= 0.3 is 0 Å². The fraction of sp³-hybridized carbons (Fsp3) is 0.0455. The van der Waals surface area contributed by atoms with Crippen LogP contribution in [0.4, 0.5) is 4.39 Å². The van der Waals surface area contributed by atoms with Crippen LogP contribution in [0, 0.1) is 5.82 Å². The van der Waals surface area contributed by atoms with E-state index in [4.69, 9.17) is 44.3 Å². The van der Waals surface area contributed by atoms with Crippen LogP contribution in [0.2, 0.25) is 15.1 Å². The van der Waals surface area contributed by atoms with Crippen molar-refractivity contribution < 1.29 is 18.7 Å². The van der Waals surface area contributed by atoms with E-state index in [1.807, 2.05) is 0 Å². The van der Waals surface area contributed by atoms with Gasteiger partial charge < -0.3 is 9.47 Å². The number of benzene rings is 3. The Morgan fingerprint density at radius 2 is 1.79 bits per heavy atom. The van der Waals surface area contributed by atoms with Crippen LogP contribution < -0.4 is 9.47 Å². The van der Waals surface area contributed by atoms with E-state index >= 15 is 0 Å². The average Bonchev–Trinajstić information content (AvgIpc) is 2.99. The number of carbonyl (C=O) groups is 1. The van der Waals surface area contributed by atoms with Crippen LogP contribution in [-0.4, -0.2) is 5.78 Å². The van der Waals surface area contributed by atoms with Gasteiger partial charge in [0, 0.05) is 11.6 Å². The number of hydrogen-bond donors (Lipinski definition) is 0. The first-order chi connectivity index (χ1) is 13.9. The zero-order valence-corrected chi connectivity index (χ0v) is 17.0. The summed E-state index contributed by atoms with van der Waals surface area (Å²) in [6, 6.07) is 14.3. The van der Waals surface area contributed by atoms with Crippen molar-refractivity contribution in [3.63, 3.8) is 0 Å². The third kappa shape index (κ3) is 4.10. The van der Waals surface area contributed by atoms with Gasteiger partial charge in [0.2, 0.25) is 5.78 Å². The zero-order chi connectivity index (χ0) is 20.5. The van der Waals surface area contributed by atoms with Crippen molar-refractivity contribution in [2.24, 2.45) is 0 Å². The molecule has 4 rings (SSSR count). The lowest BCUT2D eigenvalue weighted by Gasteiger charge is -2.09. The van der Waals surface area contributed by atoms with Gasteiger partial charge in [-0.3, -0.25) is 4.79 Å². The molecule has 29 heavy (non-hydrogen) atoms. The van der Waals surface area contributed by atoms with E-state index in [1.54, 1.807) is 48.5 Å². The normalized spacial score (nSPS) is 14.1. The van der Waals surface area contributed by atoms with E-state index < -0.39 is 5.82 Å². The number of hydrogen-bond acceptors (Lipinski definition) is 3. The van der Waals surface area contributed by atoms with Gasteiger partial charge in [0.1, 0.15) is 23.9 Å². The lowest BCUT2D eigenvalue weighted by atomic mass is 10.1. The number of allylic oxidation sites excluding steroid dienone is 1. The molecule has 3 nitrogen and oxygen atoms in total. The molecule has 0 N–H and O–H groups in total. The standard InChI is InChI=1S/C22H12Cl3FO3/c23-16-2-1-3-19(26)15(16)11-28-13-5-6-14-20(10-13)29-21(22(14)27)9-12-4-7-17(24)18(25)8-12/h1-10H,11H2/b21-9-. The molecule has 0 unspecified atom stereocenters. The Kier molecular flexibility index (Phi) is 5.50. The number of carbonyl (C=O) groups excluding carboxylic acids is 1. The van der Waals surface area contributed by atoms with Crippen LogP contribution in [0.1, 0.15) is 21.5 Å². The number of fused-ring (bicyclic) bond motifs is 1. The second-order valence-corrected chi connectivity index (χ2v) is 7.48. The van der Waals surface area contributed by atoms with Crippen LogP contribution in [0.3, 0.4) is 0 Å². The summed E-state index contributed by atoms with van der Waals surface area (Å²) in [5.74, 6) is 0.240. The maximum absolute atomic E-state index is 13.9. The molecule has 0 amide bonds. The van der Waals surface area contributed by atoms with Gasteiger partial charge in [0.05, 0.1) is 20.6 Å². The summed E-state index contributed by atoms with van der Waals surface area (Å²) in [4.78, 5) is 12.6. The summed E-state index contributed by atoms with van der Waals surface area (Å²) in [5.41, 5.74) is 1.35. The maximum atomic E-state index is 13.9. The maximum Gasteiger partial charge on any atom is 0.231 e. The first-order valence-corrected chi connectivity index (χ1v) is 9.65. The molecule has 146 valence electrons. The molecule has 1 heterocycles. The minimum absolute atomic E-state index is 0.0514. The van der Waals surface area contributed by atoms with E-state index in [0.717, 1.165) is 0 Å². The Labute approximate surface area is 181 Å². The molecule has 3 aromatic rings. The third-order valence-electron chi connectivity index (χ3n) is 4.33. The Bertz CT molecular complexity index is 1140. The van der Waals surface area contributed by atoms with E-state index in [9.17, 15) is 9.18 Å². The van der Waals surface area contributed by atoms with Crippen LogP contribution in [0.5, 0.6) is 11.5 Å². The molecule has 1 aliphatic rings. The molecule has 0 saturated heterocycles. The SMILES string of the molecule is O=C1/C(=C/c2ccc(Cl)c(Cl)c2)Oc2cc(OCc3c(F)cccc3Cl)ccc21. The molecule has 7 heteroatoms. The van der Waals surface area contributed by atoms with E-state index in [1.165, 1.54) is 12.1 Å². The van der Waals surface area contributed by atoms with Crippen LogP contribution in [-0.2, 0) is 6.61 Å². The fourth-order valence-corrected chi connectivity index (χ4v) is 3.36. The second-order valence-electron chi connectivity index (χ2n) is 6.26. The lowest BCUT2D eigenvalue weighted by Crippen LogP contribution is -1.99. The van der Waals surface area contributed by atoms with E-state index in [-0.39, 0.29) is 28.7 Å². The molecule has 0 aromatic heterocycles. The molecule has 0 bridgehead atoms.